The molecule has 4 heteroatoms. The zero-order valence-corrected chi connectivity index (χ0v) is 13.5. The van der Waals surface area contributed by atoms with Gasteiger partial charge in [-0.05, 0) is 43.9 Å². The second-order valence-electron chi connectivity index (χ2n) is 6.02. The third-order valence-electron chi connectivity index (χ3n) is 4.36. The van der Waals surface area contributed by atoms with Crippen molar-refractivity contribution in [2.75, 3.05) is 10.7 Å². The van der Waals surface area contributed by atoms with E-state index >= 15 is 0 Å². The number of fused-ring (bicyclic) bond motifs is 2. The highest BCUT2D eigenvalue weighted by atomic mass is 79.9. The monoisotopic (exact) mass is 365 g/mol. The number of rotatable bonds is 5. The van der Waals surface area contributed by atoms with Crippen molar-refractivity contribution in [3.05, 3.63) is 0 Å². The molecule has 2 saturated carbocycles. The van der Waals surface area contributed by atoms with Crippen LogP contribution in [0, 0.1) is 17.8 Å². The summed E-state index contributed by atoms with van der Waals surface area (Å²) in [6.07, 6.45) is 6.17. The molecule has 1 N–H and O–H groups in total. The third-order valence-corrected chi connectivity index (χ3v) is 6.84. The molecule has 98 valence electrons. The third kappa shape index (κ3) is 3.25. The number of hydrogen-bond donors (Lipinski definition) is 1. The van der Waals surface area contributed by atoms with E-state index in [-0.39, 0.29) is 11.4 Å². The highest BCUT2D eigenvalue weighted by Gasteiger charge is 2.40. The molecule has 2 aliphatic rings. The second-order valence-corrected chi connectivity index (χ2v) is 7.14. The van der Waals surface area contributed by atoms with Gasteiger partial charge in [0.1, 0.15) is 0 Å². The van der Waals surface area contributed by atoms with Gasteiger partial charge in [0.05, 0.1) is 5.54 Å². The highest BCUT2D eigenvalue weighted by Crippen LogP contribution is 2.49. The van der Waals surface area contributed by atoms with Crippen LogP contribution in [0.1, 0.15) is 39.0 Å². The summed E-state index contributed by atoms with van der Waals surface area (Å²) < 4.78 is 0. The molecule has 2 bridgehead atoms. The van der Waals surface area contributed by atoms with Crippen molar-refractivity contribution in [1.29, 1.82) is 0 Å². The Hall–Kier alpha value is 0.430. The molecule has 3 atom stereocenters. The van der Waals surface area contributed by atoms with Gasteiger partial charge >= 0.3 is 0 Å². The van der Waals surface area contributed by atoms with E-state index in [1.807, 2.05) is 0 Å². The maximum Gasteiger partial charge on any atom is 0.220 e. The van der Waals surface area contributed by atoms with Crippen molar-refractivity contribution in [1.82, 2.24) is 5.32 Å². The van der Waals surface area contributed by atoms with Gasteiger partial charge < -0.3 is 5.32 Å². The van der Waals surface area contributed by atoms with Crippen molar-refractivity contribution >= 4 is 37.8 Å². The SMILES string of the molecule is CC(CBr)(CBr)NC(=O)CC1CC2CCC1C2. The van der Waals surface area contributed by atoms with E-state index < -0.39 is 0 Å². The van der Waals surface area contributed by atoms with E-state index in [4.69, 9.17) is 0 Å². The van der Waals surface area contributed by atoms with Crippen LogP contribution in [0.15, 0.2) is 0 Å². The summed E-state index contributed by atoms with van der Waals surface area (Å²) >= 11 is 6.92. The van der Waals surface area contributed by atoms with Crippen LogP contribution in [-0.4, -0.2) is 22.1 Å². The lowest BCUT2D eigenvalue weighted by atomic mass is 9.86. The topological polar surface area (TPSA) is 29.1 Å². The zero-order chi connectivity index (χ0) is 12.5. The molecule has 17 heavy (non-hydrogen) atoms. The molecule has 0 heterocycles. The average molecular weight is 367 g/mol. The maximum atomic E-state index is 12.1. The van der Waals surface area contributed by atoms with Gasteiger partial charge in [0.15, 0.2) is 0 Å². The fraction of sp³-hybridized carbons (Fsp3) is 0.923. The minimum Gasteiger partial charge on any atom is -0.349 e. The fourth-order valence-corrected chi connectivity index (χ4v) is 4.56. The lowest BCUT2D eigenvalue weighted by Crippen LogP contribution is -2.49. The van der Waals surface area contributed by atoms with Gasteiger partial charge in [0, 0.05) is 17.1 Å². The Morgan fingerprint density at radius 2 is 2.00 bits per heavy atom. The number of hydrogen-bond acceptors (Lipinski definition) is 1. The first kappa shape index (κ1) is 13.9. The Balaban J connectivity index is 1.81. The number of amides is 1. The van der Waals surface area contributed by atoms with Crippen molar-refractivity contribution < 1.29 is 4.79 Å². The molecule has 0 saturated heterocycles. The first-order chi connectivity index (χ1) is 8.06. The number of alkyl halides is 2. The van der Waals surface area contributed by atoms with Crippen LogP contribution < -0.4 is 5.32 Å². The lowest BCUT2D eigenvalue weighted by molar-refractivity contribution is -0.123. The highest BCUT2D eigenvalue weighted by molar-refractivity contribution is 9.09. The van der Waals surface area contributed by atoms with Crippen molar-refractivity contribution in [3.8, 4) is 0 Å². The summed E-state index contributed by atoms with van der Waals surface area (Å²) in [5.74, 6) is 2.65. The van der Waals surface area contributed by atoms with Gasteiger partial charge in [0.25, 0.3) is 0 Å². The van der Waals surface area contributed by atoms with Crippen LogP contribution in [0.3, 0.4) is 0 Å². The molecule has 2 aliphatic carbocycles. The Morgan fingerprint density at radius 3 is 2.47 bits per heavy atom. The molecule has 0 spiro atoms. The van der Waals surface area contributed by atoms with Crippen molar-refractivity contribution in [2.45, 2.75) is 44.6 Å². The summed E-state index contributed by atoms with van der Waals surface area (Å²) in [5.41, 5.74) is -0.158. The maximum absolute atomic E-state index is 12.1. The Bertz CT molecular complexity index is 291. The number of halogens is 2. The molecule has 1 amide bonds. The predicted molar refractivity (Wildman–Crippen MR) is 77.7 cm³/mol. The minimum atomic E-state index is -0.158. The smallest absolute Gasteiger partial charge is 0.220 e. The van der Waals surface area contributed by atoms with Gasteiger partial charge in [-0.15, -0.1) is 0 Å². The summed E-state index contributed by atoms with van der Waals surface area (Å²) in [6, 6.07) is 0. The number of carbonyl (C=O) groups excluding carboxylic acids is 1. The summed E-state index contributed by atoms with van der Waals surface area (Å²) in [4.78, 5) is 12.1. The predicted octanol–water partition coefficient (Wildman–Crippen LogP) is 3.48. The Kier molecular flexibility index (Phi) is 4.56. The minimum absolute atomic E-state index is 0.158. The molecule has 0 aromatic carbocycles. The molecule has 0 aromatic rings. The first-order valence-electron chi connectivity index (χ1n) is 6.49. The van der Waals surface area contributed by atoms with E-state index in [0.29, 0.717) is 5.92 Å². The zero-order valence-electron chi connectivity index (χ0n) is 10.3. The van der Waals surface area contributed by atoms with Crippen molar-refractivity contribution in [2.24, 2.45) is 17.8 Å². The molecule has 0 aromatic heterocycles. The van der Waals surface area contributed by atoms with Gasteiger partial charge in [-0.2, -0.15) is 0 Å². The number of carbonyl (C=O) groups is 1. The Labute approximate surface area is 121 Å². The van der Waals surface area contributed by atoms with Gasteiger partial charge in [-0.25, -0.2) is 0 Å². The molecule has 0 aliphatic heterocycles. The van der Waals surface area contributed by atoms with E-state index in [1.165, 1.54) is 25.7 Å². The molecule has 2 nitrogen and oxygen atoms in total. The average Bonchev–Trinajstić information content (AvgIpc) is 2.90. The van der Waals surface area contributed by atoms with Crippen molar-refractivity contribution in [3.63, 3.8) is 0 Å². The summed E-state index contributed by atoms with van der Waals surface area (Å²) in [7, 11) is 0. The molecular formula is C13H21Br2NO. The van der Waals surface area contributed by atoms with E-state index in [1.54, 1.807) is 0 Å². The van der Waals surface area contributed by atoms with E-state index in [2.05, 4.69) is 44.1 Å². The van der Waals surface area contributed by atoms with Gasteiger partial charge in [-0.1, -0.05) is 38.3 Å². The van der Waals surface area contributed by atoms with E-state index in [0.717, 1.165) is 28.9 Å². The fourth-order valence-electron chi connectivity index (χ4n) is 3.35. The molecule has 2 rings (SSSR count). The van der Waals surface area contributed by atoms with Gasteiger partial charge in [-0.3, -0.25) is 4.79 Å². The van der Waals surface area contributed by atoms with E-state index in [9.17, 15) is 4.79 Å². The van der Waals surface area contributed by atoms with Crippen LogP contribution >= 0.6 is 31.9 Å². The van der Waals surface area contributed by atoms with Crippen LogP contribution in [0.25, 0.3) is 0 Å². The Morgan fingerprint density at radius 1 is 1.29 bits per heavy atom. The molecule has 2 fully saturated rings. The molecule has 3 unspecified atom stereocenters. The first-order valence-corrected chi connectivity index (χ1v) is 8.73. The lowest BCUT2D eigenvalue weighted by Gasteiger charge is -2.28. The number of nitrogens with one attached hydrogen (secondary N) is 1. The van der Waals surface area contributed by atoms with Crippen LogP contribution in [0.2, 0.25) is 0 Å². The van der Waals surface area contributed by atoms with Gasteiger partial charge in [0.2, 0.25) is 5.91 Å². The van der Waals surface area contributed by atoms with Crippen LogP contribution in [0.4, 0.5) is 0 Å². The second kappa shape index (κ2) is 5.60. The normalized spacial score (nSPS) is 31.8. The molecule has 0 radical (unpaired) electrons. The molecular weight excluding hydrogens is 346 g/mol. The largest absolute Gasteiger partial charge is 0.349 e. The van der Waals surface area contributed by atoms with Crippen LogP contribution in [0.5, 0.6) is 0 Å². The summed E-state index contributed by atoms with van der Waals surface area (Å²) in [5, 5.41) is 4.72. The standard InChI is InChI=1S/C13H21Br2NO/c1-13(7-14,8-15)16-12(17)6-11-5-9-2-3-10(11)4-9/h9-11H,2-8H2,1H3,(H,16,17). The quantitative estimate of drug-likeness (QED) is 0.741. The summed E-state index contributed by atoms with van der Waals surface area (Å²) in [6.45, 7) is 2.06. The van der Waals surface area contributed by atoms with Crippen LogP contribution in [-0.2, 0) is 4.79 Å².